The molecule has 0 spiro atoms. The summed E-state index contributed by atoms with van der Waals surface area (Å²) >= 11 is 7.14. The van der Waals surface area contributed by atoms with E-state index in [4.69, 9.17) is 11.6 Å². The van der Waals surface area contributed by atoms with E-state index in [0.29, 0.717) is 5.88 Å². The lowest BCUT2D eigenvalue weighted by Gasteiger charge is -2.19. The van der Waals surface area contributed by atoms with E-state index in [1.165, 1.54) is 55.7 Å². The Labute approximate surface area is 146 Å². The minimum atomic E-state index is 0.171. The first-order valence-corrected chi connectivity index (χ1v) is 10.0. The number of benzene rings is 1. The number of alkyl halides is 1. The van der Waals surface area contributed by atoms with E-state index < -0.39 is 0 Å². The van der Waals surface area contributed by atoms with Gasteiger partial charge in [-0.2, -0.15) is 0 Å². The lowest BCUT2D eigenvalue weighted by molar-refractivity contribution is 0.274. The van der Waals surface area contributed by atoms with Gasteiger partial charge in [0, 0.05) is 19.0 Å². The highest BCUT2D eigenvalue weighted by Crippen LogP contribution is 2.20. The summed E-state index contributed by atoms with van der Waals surface area (Å²) in [4.78, 5) is 15.0. The van der Waals surface area contributed by atoms with Crippen molar-refractivity contribution in [3.63, 3.8) is 0 Å². The van der Waals surface area contributed by atoms with Crippen LogP contribution in [0.15, 0.2) is 23.0 Å². The summed E-state index contributed by atoms with van der Waals surface area (Å²) in [6, 6.07) is 6.42. The smallest absolute Gasteiger partial charge is 0.302 e. The molecule has 126 valence electrons. The number of halogens is 1. The number of aryl methyl sites for hydroxylation is 1. The molecule has 0 N–H and O–H groups in total. The molecule has 0 unspecified atom stereocenters. The molecule has 2 aromatic rings. The van der Waals surface area contributed by atoms with Crippen molar-refractivity contribution in [3.8, 4) is 0 Å². The van der Waals surface area contributed by atoms with Gasteiger partial charge < -0.3 is 4.90 Å². The Hall–Kier alpha value is -0.840. The van der Waals surface area contributed by atoms with Gasteiger partial charge in [-0.15, -0.1) is 11.6 Å². The standard InChI is InChI=1S/C18H25ClN2OS/c19-9-5-6-15-7-8-16-17(14-15)23-18(22)21(16)13-12-20-10-3-1-2-4-11-20/h7-8,14H,1-6,9-13H2. The Kier molecular flexibility index (Phi) is 6.15. The maximum atomic E-state index is 12.3. The molecule has 0 bridgehead atoms. The molecule has 0 atom stereocenters. The average molecular weight is 353 g/mol. The quantitative estimate of drug-likeness (QED) is 0.731. The zero-order chi connectivity index (χ0) is 16.1. The lowest BCUT2D eigenvalue weighted by Crippen LogP contribution is -2.30. The van der Waals surface area contributed by atoms with Crippen LogP contribution in [0.3, 0.4) is 0 Å². The Balaban J connectivity index is 1.72. The molecule has 1 aliphatic rings. The lowest BCUT2D eigenvalue weighted by atomic mass is 10.1. The van der Waals surface area contributed by atoms with Crippen molar-refractivity contribution in [2.45, 2.75) is 45.1 Å². The highest BCUT2D eigenvalue weighted by molar-refractivity contribution is 7.16. The van der Waals surface area contributed by atoms with Crippen LogP contribution in [0, 0.1) is 0 Å². The van der Waals surface area contributed by atoms with Crippen molar-refractivity contribution >= 4 is 33.2 Å². The van der Waals surface area contributed by atoms with Crippen molar-refractivity contribution in [3.05, 3.63) is 33.4 Å². The summed E-state index contributed by atoms with van der Waals surface area (Å²) < 4.78 is 3.06. The third kappa shape index (κ3) is 4.37. The summed E-state index contributed by atoms with van der Waals surface area (Å²) in [5.41, 5.74) is 2.36. The molecule has 0 aliphatic carbocycles. The molecule has 1 aliphatic heterocycles. The molecule has 0 amide bonds. The van der Waals surface area contributed by atoms with E-state index in [0.717, 1.165) is 36.1 Å². The number of rotatable bonds is 6. The second kappa shape index (κ2) is 8.32. The van der Waals surface area contributed by atoms with Crippen LogP contribution in [0.5, 0.6) is 0 Å². The monoisotopic (exact) mass is 352 g/mol. The van der Waals surface area contributed by atoms with Gasteiger partial charge in [0.25, 0.3) is 0 Å². The first-order chi connectivity index (χ1) is 11.3. The van der Waals surface area contributed by atoms with Crippen LogP contribution in [0.1, 0.15) is 37.7 Å². The molecular formula is C18H25ClN2OS. The fraction of sp³-hybridized carbons (Fsp3) is 0.611. The number of thiazole rings is 1. The van der Waals surface area contributed by atoms with Gasteiger partial charge in [-0.1, -0.05) is 30.2 Å². The molecule has 1 aromatic heterocycles. The predicted molar refractivity (Wildman–Crippen MR) is 100 cm³/mol. The summed E-state index contributed by atoms with van der Waals surface area (Å²) in [6.45, 7) is 4.15. The SMILES string of the molecule is O=c1sc2cc(CCCCl)ccc2n1CCN1CCCCCC1. The maximum absolute atomic E-state index is 12.3. The largest absolute Gasteiger partial charge is 0.308 e. The number of fused-ring (bicyclic) bond motifs is 1. The Morgan fingerprint density at radius 1 is 1.09 bits per heavy atom. The minimum Gasteiger partial charge on any atom is -0.302 e. The van der Waals surface area contributed by atoms with Crippen molar-refractivity contribution in [1.82, 2.24) is 9.47 Å². The molecule has 0 saturated carbocycles. The van der Waals surface area contributed by atoms with Gasteiger partial charge in [-0.3, -0.25) is 9.36 Å². The molecule has 5 heteroatoms. The molecule has 1 saturated heterocycles. The van der Waals surface area contributed by atoms with Crippen LogP contribution in [-0.4, -0.2) is 35.0 Å². The van der Waals surface area contributed by atoms with Crippen molar-refractivity contribution in [1.29, 1.82) is 0 Å². The second-order valence-electron chi connectivity index (χ2n) is 6.37. The number of hydrogen-bond donors (Lipinski definition) is 0. The molecule has 23 heavy (non-hydrogen) atoms. The first kappa shape index (κ1) is 17.0. The molecule has 2 heterocycles. The van der Waals surface area contributed by atoms with Gasteiger partial charge in [-0.05, 0) is 56.5 Å². The fourth-order valence-electron chi connectivity index (χ4n) is 3.35. The fourth-order valence-corrected chi connectivity index (χ4v) is 4.46. The Morgan fingerprint density at radius 3 is 2.61 bits per heavy atom. The molecule has 0 radical (unpaired) electrons. The molecule has 3 rings (SSSR count). The summed E-state index contributed by atoms with van der Waals surface area (Å²) in [7, 11) is 0. The van der Waals surface area contributed by atoms with E-state index in [1.807, 2.05) is 4.57 Å². The van der Waals surface area contributed by atoms with E-state index in [2.05, 4.69) is 23.1 Å². The zero-order valence-corrected chi connectivity index (χ0v) is 15.2. The van der Waals surface area contributed by atoms with Crippen LogP contribution in [0.2, 0.25) is 0 Å². The highest BCUT2D eigenvalue weighted by Gasteiger charge is 2.12. The van der Waals surface area contributed by atoms with Crippen LogP contribution in [-0.2, 0) is 13.0 Å². The number of aromatic nitrogens is 1. The van der Waals surface area contributed by atoms with Gasteiger partial charge in [0.15, 0.2) is 0 Å². The first-order valence-electron chi connectivity index (χ1n) is 8.68. The summed E-state index contributed by atoms with van der Waals surface area (Å²) in [5, 5.41) is 0. The normalized spacial score (nSPS) is 16.7. The minimum absolute atomic E-state index is 0.171. The number of likely N-dealkylation sites (tertiary alicyclic amines) is 1. The second-order valence-corrected chi connectivity index (χ2v) is 7.74. The summed E-state index contributed by atoms with van der Waals surface area (Å²) in [5.74, 6) is 0.686. The van der Waals surface area contributed by atoms with Crippen molar-refractivity contribution < 1.29 is 0 Å². The van der Waals surface area contributed by atoms with Gasteiger partial charge in [0.2, 0.25) is 0 Å². The number of nitrogens with zero attached hydrogens (tertiary/aromatic N) is 2. The molecular weight excluding hydrogens is 328 g/mol. The van der Waals surface area contributed by atoms with Gasteiger partial charge >= 0.3 is 4.87 Å². The summed E-state index contributed by atoms with van der Waals surface area (Å²) in [6.07, 6.45) is 7.26. The molecule has 1 fully saturated rings. The van der Waals surface area contributed by atoms with Gasteiger partial charge in [0.05, 0.1) is 10.2 Å². The van der Waals surface area contributed by atoms with Crippen molar-refractivity contribution in [2.24, 2.45) is 0 Å². The van der Waals surface area contributed by atoms with Gasteiger partial charge in [-0.25, -0.2) is 0 Å². The Morgan fingerprint density at radius 2 is 1.87 bits per heavy atom. The van der Waals surface area contributed by atoms with Crippen LogP contribution < -0.4 is 4.87 Å². The Bertz CT molecular complexity index is 686. The maximum Gasteiger partial charge on any atom is 0.308 e. The van der Waals surface area contributed by atoms with E-state index >= 15 is 0 Å². The topological polar surface area (TPSA) is 25.2 Å². The predicted octanol–water partition coefficient (Wildman–Crippen LogP) is 4.11. The van der Waals surface area contributed by atoms with E-state index in [9.17, 15) is 4.79 Å². The average Bonchev–Trinajstić information content (AvgIpc) is 2.73. The van der Waals surface area contributed by atoms with Crippen LogP contribution >= 0.6 is 22.9 Å². The van der Waals surface area contributed by atoms with Crippen LogP contribution in [0.25, 0.3) is 10.2 Å². The van der Waals surface area contributed by atoms with E-state index in [-0.39, 0.29) is 4.87 Å². The highest BCUT2D eigenvalue weighted by atomic mass is 35.5. The van der Waals surface area contributed by atoms with Crippen LogP contribution in [0.4, 0.5) is 0 Å². The van der Waals surface area contributed by atoms with Crippen molar-refractivity contribution in [2.75, 3.05) is 25.5 Å². The third-order valence-corrected chi connectivity index (χ3v) is 5.88. The molecule has 1 aromatic carbocycles. The third-order valence-electron chi connectivity index (χ3n) is 4.67. The zero-order valence-electron chi connectivity index (χ0n) is 13.6. The number of hydrogen-bond acceptors (Lipinski definition) is 3. The molecule has 3 nitrogen and oxygen atoms in total. The van der Waals surface area contributed by atoms with Gasteiger partial charge in [0.1, 0.15) is 0 Å². The van der Waals surface area contributed by atoms with E-state index in [1.54, 1.807) is 0 Å².